The topological polar surface area (TPSA) is 56.2 Å². The van der Waals surface area contributed by atoms with E-state index in [0.29, 0.717) is 18.7 Å². The predicted octanol–water partition coefficient (Wildman–Crippen LogP) is 1.98. The van der Waals surface area contributed by atoms with E-state index in [0.717, 1.165) is 12.8 Å². The summed E-state index contributed by atoms with van der Waals surface area (Å²) in [6, 6.07) is 3.45. The summed E-state index contributed by atoms with van der Waals surface area (Å²) in [5.41, 5.74) is 5.76. The third-order valence-corrected chi connectivity index (χ3v) is 3.18. The van der Waals surface area contributed by atoms with Crippen LogP contribution in [-0.4, -0.2) is 12.3 Å². The number of hydrogen-bond acceptors (Lipinski definition) is 3. The van der Waals surface area contributed by atoms with Crippen molar-refractivity contribution in [2.75, 3.05) is 6.54 Å². The van der Waals surface area contributed by atoms with Crippen LogP contribution in [0, 0.1) is 5.41 Å². The van der Waals surface area contributed by atoms with Crippen molar-refractivity contribution >= 4 is 5.78 Å². The molecule has 3 nitrogen and oxygen atoms in total. The van der Waals surface area contributed by atoms with Crippen LogP contribution in [0.4, 0.5) is 0 Å². The van der Waals surface area contributed by atoms with Gasteiger partial charge in [-0.15, -0.1) is 0 Å². The van der Waals surface area contributed by atoms with Crippen molar-refractivity contribution in [2.24, 2.45) is 11.1 Å². The van der Waals surface area contributed by atoms with Crippen LogP contribution in [0.2, 0.25) is 0 Å². The van der Waals surface area contributed by atoms with Gasteiger partial charge < -0.3 is 10.2 Å². The van der Waals surface area contributed by atoms with Gasteiger partial charge in [0.2, 0.25) is 0 Å². The van der Waals surface area contributed by atoms with Crippen molar-refractivity contribution in [1.82, 2.24) is 0 Å². The SMILES string of the molecule is NCC1(CC(=O)c2ccco2)CCC1. The molecule has 1 saturated carbocycles. The van der Waals surface area contributed by atoms with E-state index >= 15 is 0 Å². The smallest absolute Gasteiger partial charge is 0.198 e. The fraction of sp³-hybridized carbons (Fsp3) is 0.545. The molecule has 2 N–H and O–H groups in total. The maximum atomic E-state index is 11.7. The minimum atomic E-state index is 0.0733. The van der Waals surface area contributed by atoms with Crippen LogP contribution in [0.25, 0.3) is 0 Å². The number of ketones is 1. The highest BCUT2D eigenvalue weighted by atomic mass is 16.3. The molecule has 0 aromatic carbocycles. The number of furan rings is 1. The Bertz CT molecular complexity index is 307. The van der Waals surface area contributed by atoms with Gasteiger partial charge in [0.05, 0.1) is 6.26 Å². The second kappa shape index (κ2) is 3.58. The molecule has 0 spiro atoms. The largest absolute Gasteiger partial charge is 0.461 e. The van der Waals surface area contributed by atoms with Gasteiger partial charge in [0.25, 0.3) is 0 Å². The first-order valence-corrected chi connectivity index (χ1v) is 5.03. The second-order valence-electron chi connectivity index (χ2n) is 4.13. The molecule has 0 radical (unpaired) electrons. The molecule has 14 heavy (non-hydrogen) atoms. The Hall–Kier alpha value is -1.09. The van der Waals surface area contributed by atoms with Crippen LogP contribution in [0.1, 0.15) is 36.2 Å². The first-order valence-electron chi connectivity index (χ1n) is 5.03. The quantitative estimate of drug-likeness (QED) is 0.744. The number of carbonyl (C=O) groups is 1. The van der Waals surface area contributed by atoms with Crippen molar-refractivity contribution in [3.8, 4) is 0 Å². The molecule has 3 heteroatoms. The van der Waals surface area contributed by atoms with Crippen LogP contribution < -0.4 is 5.73 Å². The molecule has 2 rings (SSSR count). The van der Waals surface area contributed by atoms with E-state index in [2.05, 4.69) is 0 Å². The van der Waals surface area contributed by atoms with Crippen molar-refractivity contribution in [1.29, 1.82) is 0 Å². The van der Waals surface area contributed by atoms with E-state index in [-0.39, 0.29) is 11.2 Å². The molecule has 1 fully saturated rings. The van der Waals surface area contributed by atoms with E-state index in [4.69, 9.17) is 10.2 Å². The molecule has 0 unspecified atom stereocenters. The fourth-order valence-electron chi connectivity index (χ4n) is 1.99. The summed E-state index contributed by atoms with van der Waals surface area (Å²) in [6.45, 7) is 0.611. The highest BCUT2D eigenvalue weighted by molar-refractivity contribution is 5.93. The third-order valence-electron chi connectivity index (χ3n) is 3.18. The normalized spacial score (nSPS) is 18.9. The summed E-state index contributed by atoms with van der Waals surface area (Å²) < 4.78 is 5.06. The van der Waals surface area contributed by atoms with E-state index < -0.39 is 0 Å². The van der Waals surface area contributed by atoms with Gasteiger partial charge in [-0.2, -0.15) is 0 Å². The van der Waals surface area contributed by atoms with E-state index in [1.165, 1.54) is 12.7 Å². The number of nitrogens with two attached hydrogens (primary N) is 1. The first kappa shape index (κ1) is 9.46. The number of rotatable bonds is 4. The summed E-state index contributed by atoms with van der Waals surface area (Å²) in [5, 5.41) is 0. The molecule has 1 aromatic rings. The lowest BCUT2D eigenvalue weighted by atomic mass is 9.66. The van der Waals surface area contributed by atoms with Gasteiger partial charge in [0, 0.05) is 6.42 Å². The van der Waals surface area contributed by atoms with Gasteiger partial charge in [0.1, 0.15) is 0 Å². The first-order chi connectivity index (χ1) is 6.76. The van der Waals surface area contributed by atoms with Crippen molar-refractivity contribution in [2.45, 2.75) is 25.7 Å². The fourth-order valence-corrected chi connectivity index (χ4v) is 1.99. The summed E-state index contributed by atoms with van der Waals surface area (Å²) in [4.78, 5) is 11.7. The van der Waals surface area contributed by atoms with Crippen molar-refractivity contribution in [3.05, 3.63) is 24.2 Å². The molecule has 0 atom stereocenters. The van der Waals surface area contributed by atoms with Gasteiger partial charge >= 0.3 is 0 Å². The van der Waals surface area contributed by atoms with Crippen molar-refractivity contribution < 1.29 is 9.21 Å². The average Bonchev–Trinajstić information content (AvgIpc) is 2.63. The Balaban J connectivity index is 2.01. The highest BCUT2D eigenvalue weighted by Gasteiger charge is 2.38. The van der Waals surface area contributed by atoms with Crippen molar-refractivity contribution in [3.63, 3.8) is 0 Å². The number of Topliss-reactive ketones (excluding diaryl/α,β-unsaturated/α-hetero) is 1. The minimum Gasteiger partial charge on any atom is -0.461 e. The zero-order valence-corrected chi connectivity index (χ0v) is 8.16. The molecular formula is C11H15NO2. The molecule has 1 aliphatic rings. The predicted molar refractivity (Wildman–Crippen MR) is 53.0 cm³/mol. The summed E-state index contributed by atoms with van der Waals surface area (Å²) in [7, 11) is 0. The third kappa shape index (κ3) is 1.60. The van der Waals surface area contributed by atoms with Gasteiger partial charge in [-0.05, 0) is 36.9 Å². The zero-order valence-electron chi connectivity index (χ0n) is 8.16. The zero-order chi connectivity index (χ0) is 10.0. The minimum absolute atomic E-state index is 0.0733. The maximum Gasteiger partial charge on any atom is 0.198 e. The maximum absolute atomic E-state index is 11.7. The summed E-state index contributed by atoms with van der Waals surface area (Å²) in [6.07, 6.45) is 5.43. The van der Waals surface area contributed by atoms with E-state index in [1.807, 2.05) is 0 Å². The molecule has 0 bridgehead atoms. The van der Waals surface area contributed by atoms with Crippen LogP contribution in [-0.2, 0) is 0 Å². The Morgan fingerprint density at radius 3 is 2.79 bits per heavy atom. The van der Waals surface area contributed by atoms with E-state index in [1.54, 1.807) is 12.1 Å². The van der Waals surface area contributed by atoms with Gasteiger partial charge in [-0.25, -0.2) is 0 Å². The molecule has 1 heterocycles. The molecule has 1 aliphatic carbocycles. The summed E-state index contributed by atoms with van der Waals surface area (Å²) in [5.74, 6) is 0.546. The lowest BCUT2D eigenvalue weighted by Gasteiger charge is -2.40. The Morgan fingerprint density at radius 1 is 1.57 bits per heavy atom. The molecule has 76 valence electrons. The molecule has 0 saturated heterocycles. The lowest BCUT2D eigenvalue weighted by Crippen LogP contribution is -2.39. The van der Waals surface area contributed by atoms with Crippen LogP contribution in [0.5, 0.6) is 0 Å². The molecule has 0 amide bonds. The monoisotopic (exact) mass is 193 g/mol. The Morgan fingerprint density at radius 2 is 2.36 bits per heavy atom. The summed E-state index contributed by atoms with van der Waals surface area (Å²) >= 11 is 0. The van der Waals surface area contributed by atoms with Crippen LogP contribution in [0.3, 0.4) is 0 Å². The molecule has 0 aliphatic heterocycles. The van der Waals surface area contributed by atoms with Crippen LogP contribution >= 0.6 is 0 Å². The number of carbonyl (C=O) groups excluding carboxylic acids is 1. The standard InChI is InChI=1S/C11H15NO2/c12-8-11(4-2-5-11)7-9(13)10-3-1-6-14-10/h1,3,6H,2,4-5,7-8,12H2. The Kier molecular flexibility index (Phi) is 2.42. The van der Waals surface area contributed by atoms with Gasteiger partial charge in [-0.3, -0.25) is 4.79 Å². The van der Waals surface area contributed by atoms with Gasteiger partial charge in [-0.1, -0.05) is 6.42 Å². The van der Waals surface area contributed by atoms with Gasteiger partial charge in [0.15, 0.2) is 11.5 Å². The van der Waals surface area contributed by atoms with E-state index in [9.17, 15) is 4.79 Å². The average molecular weight is 193 g/mol. The highest BCUT2D eigenvalue weighted by Crippen LogP contribution is 2.43. The van der Waals surface area contributed by atoms with Crippen LogP contribution in [0.15, 0.2) is 22.8 Å². The lowest BCUT2D eigenvalue weighted by molar-refractivity contribution is 0.0760. The number of hydrogen-bond donors (Lipinski definition) is 1. The molecular weight excluding hydrogens is 178 g/mol. The molecule has 1 aromatic heterocycles. The second-order valence-corrected chi connectivity index (χ2v) is 4.13. The Labute approximate surface area is 83.3 Å².